The molecule has 0 aliphatic carbocycles. The first-order valence-electron chi connectivity index (χ1n) is 8.30. The van der Waals surface area contributed by atoms with Gasteiger partial charge in [-0.25, -0.2) is 4.39 Å². The summed E-state index contributed by atoms with van der Waals surface area (Å²) in [6.45, 7) is 6.82. The van der Waals surface area contributed by atoms with Crippen molar-refractivity contribution in [3.63, 3.8) is 0 Å². The third-order valence-corrected chi connectivity index (χ3v) is 4.01. The lowest BCUT2D eigenvalue weighted by molar-refractivity contribution is -0.121. The molecule has 0 saturated heterocycles. The molecule has 0 fully saturated rings. The van der Waals surface area contributed by atoms with Crippen LogP contribution in [0.5, 0.6) is 0 Å². The number of hydrogen-bond acceptors (Lipinski definition) is 3. The minimum absolute atomic E-state index is 0.0214. The van der Waals surface area contributed by atoms with Gasteiger partial charge in [-0.15, -0.1) is 0 Å². The highest BCUT2D eigenvalue weighted by Crippen LogP contribution is 2.19. The van der Waals surface area contributed by atoms with Gasteiger partial charge in [-0.2, -0.15) is 0 Å². The molecular formula is C18H30FN3O. The fraction of sp³-hybridized carbons (Fsp3) is 0.611. The Balaban J connectivity index is 2.41. The zero-order chi connectivity index (χ0) is 17.2. The van der Waals surface area contributed by atoms with Crippen molar-refractivity contribution >= 4 is 5.91 Å². The molecule has 1 rings (SSSR count). The molecule has 0 radical (unpaired) electrons. The topological polar surface area (TPSA) is 53.2 Å². The predicted molar refractivity (Wildman–Crippen MR) is 93.2 cm³/mol. The van der Waals surface area contributed by atoms with Crippen LogP contribution in [0.25, 0.3) is 0 Å². The quantitative estimate of drug-likeness (QED) is 0.580. The Kier molecular flexibility index (Phi) is 8.81. The van der Waals surface area contributed by atoms with Gasteiger partial charge in [-0.1, -0.05) is 18.2 Å². The normalized spacial score (nSPS) is 13.6. The third-order valence-electron chi connectivity index (χ3n) is 4.01. The maximum Gasteiger partial charge on any atom is 0.234 e. The smallest absolute Gasteiger partial charge is 0.234 e. The van der Waals surface area contributed by atoms with Crippen molar-refractivity contribution < 1.29 is 9.18 Å². The van der Waals surface area contributed by atoms with Crippen molar-refractivity contribution in [1.82, 2.24) is 16.0 Å². The molecule has 1 aromatic carbocycles. The Hall–Kier alpha value is -1.46. The molecule has 0 heterocycles. The minimum atomic E-state index is -0.461. The number of rotatable bonds is 10. The van der Waals surface area contributed by atoms with E-state index in [1.165, 1.54) is 0 Å². The summed E-state index contributed by atoms with van der Waals surface area (Å²) in [5.41, 5.74) is 2.70. The van der Waals surface area contributed by atoms with E-state index in [2.05, 4.69) is 22.9 Å². The molecule has 3 N–H and O–H groups in total. The number of carbonyl (C=O) groups is 1. The number of amides is 1. The van der Waals surface area contributed by atoms with E-state index in [4.69, 9.17) is 0 Å². The average Bonchev–Trinajstić information content (AvgIpc) is 2.52. The molecular weight excluding hydrogens is 293 g/mol. The van der Waals surface area contributed by atoms with Crippen LogP contribution in [0.15, 0.2) is 18.2 Å². The second-order valence-corrected chi connectivity index (χ2v) is 6.14. The largest absolute Gasteiger partial charge is 0.348 e. The second-order valence-electron chi connectivity index (χ2n) is 6.14. The molecule has 1 amide bonds. The van der Waals surface area contributed by atoms with Crippen molar-refractivity contribution in [3.8, 4) is 0 Å². The van der Waals surface area contributed by atoms with Crippen molar-refractivity contribution in [1.29, 1.82) is 0 Å². The van der Waals surface area contributed by atoms with Crippen LogP contribution in [-0.2, 0) is 11.5 Å². The fourth-order valence-corrected chi connectivity index (χ4v) is 2.63. The van der Waals surface area contributed by atoms with Crippen LogP contribution < -0.4 is 16.0 Å². The predicted octanol–water partition coefficient (Wildman–Crippen LogP) is 2.62. The third kappa shape index (κ3) is 7.10. The molecule has 0 aliphatic heterocycles. The lowest BCUT2D eigenvalue weighted by atomic mass is 10.00. The highest BCUT2D eigenvalue weighted by atomic mass is 19.1. The first kappa shape index (κ1) is 19.6. The van der Waals surface area contributed by atoms with Gasteiger partial charge in [-0.05, 0) is 63.9 Å². The van der Waals surface area contributed by atoms with E-state index in [0.29, 0.717) is 18.2 Å². The molecule has 5 heteroatoms. The van der Waals surface area contributed by atoms with Crippen LogP contribution in [0.1, 0.15) is 49.4 Å². The van der Waals surface area contributed by atoms with Crippen LogP contribution in [0, 0.1) is 6.92 Å². The van der Waals surface area contributed by atoms with E-state index in [-0.39, 0.29) is 11.9 Å². The van der Waals surface area contributed by atoms with Crippen LogP contribution in [0.3, 0.4) is 0 Å². The monoisotopic (exact) mass is 323 g/mol. The van der Waals surface area contributed by atoms with E-state index < -0.39 is 6.67 Å². The average molecular weight is 323 g/mol. The number of carbonyl (C=O) groups excluding carboxylic acids is 1. The summed E-state index contributed by atoms with van der Waals surface area (Å²) in [7, 11) is 1.94. The summed E-state index contributed by atoms with van der Waals surface area (Å²) in [6, 6.07) is 5.73. The second kappa shape index (κ2) is 10.3. The first-order valence-corrected chi connectivity index (χ1v) is 8.30. The minimum Gasteiger partial charge on any atom is -0.348 e. The molecule has 130 valence electrons. The summed E-state index contributed by atoms with van der Waals surface area (Å²) in [4.78, 5) is 12.0. The molecule has 0 aromatic heterocycles. The Labute approximate surface area is 139 Å². The van der Waals surface area contributed by atoms with Gasteiger partial charge < -0.3 is 16.0 Å². The molecule has 1 aromatic rings. The number of benzene rings is 1. The van der Waals surface area contributed by atoms with E-state index in [1.54, 1.807) is 6.07 Å². The van der Waals surface area contributed by atoms with E-state index in [0.717, 1.165) is 30.5 Å². The van der Waals surface area contributed by atoms with Gasteiger partial charge in [0.15, 0.2) is 0 Å². The molecule has 4 nitrogen and oxygen atoms in total. The Bertz CT molecular complexity index is 493. The van der Waals surface area contributed by atoms with Crippen LogP contribution >= 0.6 is 0 Å². The molecule has 23 heavy (non-hydrogen) atoms. The number of alkyl halides is 1. The summed E-state index contributed by atoms with van der Waals surface area (Å²) < 4.78 is 12.7. The van der Waals surface area contributed by atoms with Crippen LogP contribution in [0.2, 0.25) is 0 Å². The zero-order valence-electron chi connectivity index (χ0n) is 14.7. The van der Waals surface area contributed by atoms with Crippen LogP contribution in [-0.4, -0.2) is 32.1 Å². The fourth-order valence-electron chi connectivity index (χ4n) is 2.63. The lowest BCUT2D eigenvalue weighted by Gasteiger charge is -2.19. The number of aryl methyl sites for hydroxylation is 1. The van der Waals surface area contributed by atoms with Crippen molar-refractivity contribution in [2.75, 3.05) is 20.1 Å². The maximum absolute atomic E-state index is 12.7. The SMILES string of the molecule is CNCCCC(C)NCC(=O)NC(C)c1ccc(CF)cc1C. The highest BCUT2D eigenvalue weighted by Gasteiger charge is 2.12. The van der Waals surface area contributed by atoms with Gasteiger partial charge in [0.2, 0.25) is 5.91 Å². The molecule has 2 atom stereocenters. The van der Waals surface area contributed by atoms with Gasteiger partial charge in [0.05, 0.1) is 12.6 Å². The standard InChI is InChI=1S/C18H30FN3O/c1-13-10-16(11-19)7-8-17(13)15(3)22-18(23)12-21-14(2)6-5-9-20-4/h7-8,10,14-15,20-21H,5-6,9,11-12H2,1-4H3,(H,22,23). The van der Waals surface area contributed by atoms with Crippen molar-refractivity contribution in [3.05, 3.63) is 34.9 Å². The van der Waals surface area contributed by atoms with Crippen molar-refractivity contribution in [2.24, 2.45) is 0 Å². The lowest BCUT2D eigenvalue weighted by Crippen LogP contribution is -2.39. The maximum atomic E-state index is 12.7. The molecule has 0 aliphatic rings. The number of hydrogen-bond donors (Lipinski definition) is 3. The zero-order valence-corrected chi connectivity index (χ0v) is 14.7. The summed E-state index contributed by atoms with van der Waals surface area (Å²) in [5.74, 6) is -0.0214. The van der Waals surface area contributed by atoms with Crippen LogP contribution in [0.4, 0.5) is 4.39 Å². The molecule has 0 spiro atoms. The van der Waals surface area contributed by atoms with Gasteiger partial charge >= 0.3 is 0 Å². The van der Waals surface area contributed by atoms with Gasteiger partial charge in [0, 0.05) is 6.04 Å². The van der Waals surface area contributed by atoms with E-state index in [9.17, 15) is 9.18 Å². The van der Waals surface area contributed by atoms with E-state index >= 15 is 0 Å². The van der Waals surface area contributed by atoms with E-state index in [1.807, 2.05) is 33.0 Å². The number of halogens is 1. The number of nitrogens with one attached hydrogen (secondary N) is 3. The Morgan fingerprint density at radius 3 is 2.65 bits per heavy atom. The van der Waals surface area contributed by atoms with Gasteiger partial charge in [-0.3, -0.25) is 4.79 Å². The Morgan fingerprint density at radius 2 is 2.04 bits per heavy atom. The molecule has 0 bridgehead atoms. The Morgan fingerprint density at radius 1 is 1.30 bits per heavy atom. The summed E-state index contributed by atoms with van der Waals surface area (Å²) in [6.07, 6.45) is 2.12. The van der Waals surface area contributed by atoms with Crippen molar-refractivity contribution in [2.45, 2.75) is 52.4 Å². The van der Waals surface area contributed by atoms with Gasteiger partial charge in [0.1, 0.15) is 6.67 Å². The molecule has 2 unspecified atom stereocenters. The molecule has 0 saturated carbocycles. The van der Waals surface area contributed by atoms with Gasteiger partial charge in [0.25, 0.3) is 0 Å². The highest BCUT2D eigenvalue weighted by molar-refractivity contribution is 5.78. The first-order chi connectivity index (χ1) is 11.0. The summed E-state index contributed by atoms with van der Waals surface area (Å²) >= 11 is 0. The summed E-state index contributed by atoms with van der Waals surface area (Å²) in [5, 5.41) is 9.35.